The number of halogens is 3. The summed E-state index contributed by atoms with van der Waals surface area (Å²) < 4.78 is 39.9. The Morgan fingerprint density at radius 3 is 2.32 bits per heavy atom. The van der Waals surface area contributed by atoms with Crippen LogP contribution in [0.25, 0.3) is 0 Å². The van der Waals surface area contributed by atoms with Gasteiger partial charge in [0, 0.05) is 29.7 Å². The molecule has 0 aliphatic heterocycles. The van der Waals surface area contributed by atoms with E-state index in [4.69, 9.17) is 0 Å². The van der Waals surface area contributed by atoms with E-state index in [1.54, 1.807) is 0 Å². The van der Waals surface area contributed by atoms with E-state index in [-0.39, 0.29) is 17.8 Å². The number of aryl methyl sites for hydroxylation is 2. The van der Waals surface area contributed by atoms with Crippen molar-refractivity contribution in [1.29, 1.82) is 0 Å². The number of benzene rings is 2. The van der Waals surface area contributed by atoms with Crippen LogP contribution in [0.4, 0.5) is 24.5 Å². The Hall–Kier alpha value is -2.48. The summed E-state index contributed by atoms with van der Waals surface area (Å²) in [5.41, 5.74) is 0.993. The zero-order valence-corrected chi connectivity index (χ0v) is 16.6. The average molecular weight is 410 g/mol. The highest BCUT2D eigenvalue weighted by Crippen LogP contribution is 2.36. The Labute approximate surface area is 165 Å². The maximum Gasteiger partial charge on any atom is 0.418 e. The number of anilines is 2. The number of carbonyl (C=O) groups excluding carboxylic acids is 2. The van der Waals surface area contributed by atoms with Gasteiger partial charge in [0.2, 0.25) is 11.8 Å². The van der Waals surface area contributed by atoms with Gasteiger partial charge in [-0.05, 0) is 55.3 Å². The van der Waals surface area contributed by atoms with Gasteiger partial charge >= 0.3 is 6.18 Å². The van der Waals surface area contributed by atoms with Gasteiger partial charge in [0.05, 0.1) is 11.3 Å². The first-order valence-corrected chi connectivity index (χ1v) is 9.53. The number of nitrogens with one attached hydrogen (secondary N) is 2. The van der Waals surface area contributed by atoms with Crippen molar-refractivity contribution in [3.05, 3.63) is 53.1 Å². The molecule has 2 amide bonds. The van der Waals surface area contributed by atoms with Gasteiger partial charge in [-0.15, -0.1) is 11.8 Å². The van der Waals surface area contributed by atoms with Gasteiger partial charge in [0.15, 0.2) is 0 Å². The van der Waals surface area contributed by atoms with E-state index < -0.39 is 23.6 Å². The normalized spacial score (nSPS) is 11.2. The van der Waals surface area contributed by atoms with Gasteiger partial charge in [0.1, 0.15) is 0 Å². The zero-order valence-electron chi connectivity index (χ0n) is 15.7. The van der Waals surface area contributed by atoms with Crippen LogP contribution < -0.4 is 10.6 Å². The largest absolute Gasteiger partial charge is 0.418 e. The lowest BCUT2D eigenvalue weighted by molar-refractivity contribution is -0.137. The molecule has 0 bridgehead atoms. The number of thioether (sulfide) groups is 1. The monoisotopic (exact) mass is 410 g/mol. The van der Waals surface area contributed by atoms with Crippen molar-refractivity contribution in [2.75, 3.05) is 16.4 Å². The van der Waals surface area contributed by atoms with Crippen LogP contribution in [0.1, 0.15) is 30.0 Å². The Kier molecular flexibility index (Phi) is 7.12. The molecule has 2 N–H and O–H groups in total. The van der Waals surface area contributed by atoms with E-state index in [1.807, 2.05) is 32.0 Å². The quantitative estimate of drug-likeness (QED) is 0.627. The van der Waals surface area contributed by atoms with Crippen molar-refractivity contribution in [3.63, 3.8) is 0 Å². The predicted molar refractivity (Wildman–Crippen MR) is 106 cm³/mol. The van der Waals surface area contributed by atoms with Crippen molar-refractivity contribution in [1.82, 2.24) is 0 Å². The Morgan fingerprint density at radius 2 is 1.71 bits per heavy atom. The van der Waals surface area contributed by atoms with Crippen LogP contribution in [0.3, 0.4) is 0 Å². The molecule has 0 spiro atoms. The van der Waals surface area contributed by atoms with Crippen LogP contribution in [0.2, 0.25) is 0 Å². The molecule has 4 nitrogen and oxygen atoms in total. The topological polar surface area (TPSA) is 58.2 Å². The molecule has 0 atom stereocenters. The van der Waals surface area contributed by atoms with Gasteiger partial charge in [0.25, 0.3) is 0 Å². The molecular weight excluding hydrogens is 389 g/mol. The van der Waals surface area contributed by atoms with E-state index in [9.17, 15) is 22.8 Å². The average Bonchev–Trinajstić information content (AvgIpc) is 2.58. The van der Waals surface area contributed by atoms with Crippen LogP contribution in [0.5, 0.6) is 0 Å². The fraction of sp³-hybridized carbons (Fsp3) is 0.300. The fourth-order valence-electron chi connectivity index (χ4n) is 2.45. The minimum absolute atomic E-state index is 0.0168. The smallest absolute Gasteiger partial charge is 0.326 e. The second kappa shape index (κ2) is 9.14. The molecule has 0 unspecified atom stereocenters. The zero-order chi connectivity index (χ0) is 20.9. The number of amides is 2. The number of carbonyl (C=O) groups is 2. The van der Waals surface area contributed by atoms with Crippen molar-refractivity contribution in [2.45, 2.75) is 38.3 Å². The second-order valence-electron chi connectivity index (χ2n) is 6.33. The minimum atomic E-state index is -4.66. The van der Waals surface area contributed by atoms with Gasteiger partial charge < -0.3 is 10.6 Å². The predicted octanol–water partition coefficient (Wildman–Crippen LogP) is 5.40. The molecule has 2 rings (SSSR count). The first-order chi connectivity index (χ1) is 13.1. The van der Waals surface area contributed by atoms with Crippen LogP contribution >= 0.6 is 11.8 Å². The molecule has 2 aromatic rings. The first-order valence-electron chi connectivity index (χ1n) is 8.55. The van der Waals surface area contributed by atoms with E-state index in [0.29, 0.717) is 5.75 Å². The van der Waals surface area contributed by atoms with Gasteiger partial charge in [-0.25, -0.2) is 0 Å². The van der Waals surface area contributed by atoms with Crippen molar-refractivity contribution >= 4 is 35.0 Å². The maximum absolute atomic E-state index is 13.3. The fourth-order valence-corrected chi connectivity index (χ4v) is 3.39. The maximum atomic E-state index is 13.3. The summed E-state index contributed by atoms with van der Waals surface area (Å²) in [6.07, 6.45) is -4.59. The lowest BCUT2D eigenvalue weighted by atomic mass is 10.1. The molecule has 0 aromatic heterocycles. The standard InChI is InChI=1S/C20H21F3N2O2S/c1-12-4-6-16(10-13(12)2)28-9-8-19(27)25-18-7-5-15(24-14(3)26)11-17(18)20(21,22)23/h4-7,10-11H,8-9H2,1-3H3,(H,24,26)(H,25,27). The molecule has 0 aliphatic carbocycles. The first kappa shape index (κ1) is 21.8. The Balaban J connectivity index is 2.02. The van der Waals surface area contributed by atoms with Crippen LogP contribution in [-0.4, -0.2) is 17.6 Å². The van der Waals surface area contributed by atoms with Crippen LogP contribution in [-0.2, 0) is 15.8 Å². The van der Waals surface area contributed by atoms with Crippen LogP contribution in [0, 0.1) is 13.8 Å². The Morgan fingerprint density at radius 1 is 1.00 bits per heavy atom. The molecule has 28 heavy (non-hydrogen) atoms. The molecule has 0 saturated carbocycles. The summed E-state index contributed by atoms with van der Waals surface area (Å²) >= 11 is 1.47. The van der Waals surface area contributed by atoms with E-state index >= 15 is 0 Å². The highest BCUT2D eigenvalue weighted by Gasteiger charge is 2.34. The molecule has 0 radical (unpaired) electrons. The van der Waals surface area contributed by atoms with Crippen molar-refractivity contribution < 1.29 is 22.8 Å². The number of alkyl halides is 3. The Bertz CT molecular complexity index is 882. The van der Waals surface area contributed by atoms with Crippen molar-refractivity contribution in [3.8, 4) is 0 Å². The third-order valence-electron chi connectivity index (χ3n) is 4.00. The van der Waals surface area contributed by atoms with Crippen molar-refractivity contribution in [2.24, 2.45) is 0 Å². The summed E-state index contributed by atoms with van der Waals surface area (Å²) in [5.74, 6) is -0.540. The molecule has 0 aliphatic rings. The minimum Gasteiger partial charge on any atom is -0.326 e. The lowest BCUT2D eigenvalue weighted by Crippen LogP contribution is -2.17. The number of rotatable bonds is 6. The second-order valence-corrected chi connectivity index (χ2v) is 7.50. The molecule has 0 heterocycles. The highest BCUT2D eigenvalue weighted by molar-refractivity contribution is 7.99. The third kappa shape index (κ3) is 6.30. The third-order valence-corrected chi connectivity index (χ3v) is 4.99. The molecular formula is C20H21F3N2O2S. The van der Waals surface area contributed by atoms with Gasteiger partial charge in [-0.2, -0.15) is 13.2 Å². The summed E-state index contributed by atoms with van der Waals surface area (Å²) in [4.78, 5) is 24.2. The summed E-state index contributed by atoms with van der Waals surface area (Å²) in [7, 11) is 0. The summed E-state index contributed by atoms with van der Waals surface area (Å²) in [5, 5.41) is 4.62. The summed E-state index contributed by atoms with van der Waals surface area (Å²) in [6.45, 7) is 5.21. The molecule has 150 valence electrons. The van der Waals surface area contributed by atoms with E-state index in [0.717, 1.165) is 22.6 Å². The van der Waals surface area contributed by atoms with Gasteiger partial charge in [-0.1, -0.05) is 6.07 Å². The molecule has 0 fully saturated rings. The molecule has 8 heteroatoms. The summed E-state index contributed by atoms with van der Waals surface area (Å²) in [6, 6.07) is 9.22. The van der Waals surface area contributed by atoms with Crippen LogP contribution in [0.15, 0.2) is 41.3 Å². The highest BCUT2D eigenvalue weighted by atomic mass is 32.2. The van der Waals surface area contributed by atoms with E-state index in [2.05, 4.69) is 10.6 Å². The number of hydrogen-bond donors (Lipinski definition) is 2. The van der Waals surface area contributed by atoms with E-state index in [1.165, 1.54) is 30.3 Å². The molecule has 2 aromatic carbocycles. The molecule has 0 saturated heterocycles. The SMILES string of the molecule is CC(=O)Nc1ccc(NC(=O)CCSc2ccc(C)c(C)c2)c(C(F)(F)F)c1. The number of hydrogen-bond acceptors (Lipinski definition) is 3. The lowest BCUT2D eigenvalue weighted by Gasteiger charge is -2.15. The van der Waals surface area contributed by atoms with Gasteiger partial charge in [-0.3, -0.25) is 9.59 Å².